The van der Waals surface area contributed by atoms with Gasteiger partial charge in [-0.1, -0.05) is 30.3 Å². The SMILES string of the molecule is COc1ccccc1OCCCn1c([C@H]2CC(=O)N(c3cccc(SC)c3)C2)nc2ccccc21. The van der Waals surface area contributed by atoms with Gasteiger partial charge < -0.3 is 18.9 Å². The van der Waals surface area contributed by atoms with Crippen LogP contribution in [-0.4, -0.2) is 42.0 Å². The zero-order chi connectivity index (χ0) is 24.2. The number of para-hydroxylation sites is 4. The van der Waals surface area contributed by atoms with Crippen molar-refractivity contribution in [3.63, 3.8) is 0 Å². The van der Waals surface area contributed by atoms with Crippen LogP contribution in [0.5, 0.6) is 11.5 Å². The molecule has 0 unspecified atom stereocenters. The van der Waals surface area contributed by atoms with Gasteiger partial charge in [0.2, 0.25) is 5.91 Å². The van der Waals surface area contributed by atoms with Crippen molar-refractivity contribution in [1.82, 2.24) is 9.55 Å². The highest BCUT2D eigenvalue weighted by Crippen LogP contribution is 2.34. The van der Waals surface area contributed by atoms with E-state index in [0.29, 0.717) is 19.6 Å². The van der Waals surface area contributed by atoms with E-state index in [2.05, 4.69) is 22.8 Å². The molecule has 1 aliphatic rings. The number of imidazole rings is 1. The smallest absolute Gasteiger partial charge is 0.227 e. The fraction of sp³-hybridized carbons (Fsp3) is 0.286. The van der Waals surface area contributed by atoms with E-state index >= 15 is 0 Å². The second kappa shape index (κ2) is 10.4. The Morgan fingerprint density at radius 3 is 2.66 bits per heavy atom. The predicted octanol–water partition coefficient (Wildman–Crippen LogP) is 5.76. The average Bonchev–Trinajstić information content (AvgIpc) is 3.47. The van der Waals surface area contributed by atoms with Crippen molar-refractivity contribution in [1.29, 1.82) is 0 Å². The predicted molar refractivity (Wildman–Crippen MR) is 141 cm³/mol. The van der Waals surface area contributed by atoms with Gasteiger partial charge in [0.15, 0.2) is 11.5 Å². The molecule has 180 valence electrons. The van der Waals surface area contributed by atoms with E-state index in [4.69, 9.17) is 14.5 Å². The molecule has 1 aliphatic heterocycles. The Hall–Kier alpha value is -3.45. The lowest BCUT2D eigenvalue weighted by atomic mass is 10.1. The van der Waals surface area contributed by atoms with Gasteiger partial charge in [0.25, 0.3) is 0 Å². The molecule has 2 heterocycles. The number of hydrogen-bond acceptors (Lipinski definition) is 5. The highest BCUT2D eigenvalue weighted by atomic mass is 32.2. The molecule has 1 saturated heterocycles. The van der Waals surface area contributed by atoms with Gasteiger partial charge in [0.05, 0.1) is 24.8 Å². The lowest BCUT2D eigenvalue weighted by molar-refractivity contribution is -0.117. The summed E-state index contributed by atoms with van der Waals surface area (Å²) in [7, 11) is 1.65. The summed E-state index contributed by atoms with van der Waals surface area (Å²) < 4.78 is 13.6. The first-order chi connectivity index (χ1) is 17.2. The van der Waals surface area contributed by atoms with Gasteiger partial charge in [-0.25, -0.2) is 4.98 Å². The number of rotatable bonds is 9. The number of thioether (sulfide) groups is 1. The van der Waals surface area contributed by atoms with Gasteiger partial charge in [-0.15, -0.1) is 11.8 Å². The number of carbonyl (C=O) groups is 1. The molecule has 4 aromatic rings. The highest BCUT2D eigenvalue weighted by molar-refractivity contribution is 7.98. The van der Waals surface area contributed by atoms with E-state index in [1.54, 1.807) is 18.9 Å². The summed E-state index contributed by atoms with van der Waals surface area (Å²) in [6.45, 7) is 1.96. The largest absolute Gasteiger partial charge is 0.493 e. The fourth-order valence-corrected chi connectivity index (χ4v) is 5.15. The topological polar surface area (TPSA) is 56.6 Å². The van der Waals surface area contributed by atoms with Crippen LogP contribution in [0.25, 0.3) is 11.0 Å². The monoisotopic (exact) mass is 487 g/mol. The Labute approximate surface area is 209 Å². The van der Waals surface area contributed by atoms with E-state index in [1.165, 1.54) is 0 Å². The van der Waals surface area contributed by atoms with E-state index in [-0.39, 0.29) is 11.8 Å². The summed E-state index contributed by atoms with van der Waals surface area (Å²) in [5.41, 5.74) is 3.01. The maximum Gasteiger partial charge on any atom is 0.227 e. The second-order valence-corrected chi connectivity index (χ2v) is 9.45. The molecule has 1 amide bonds. The Balaban J connectivity index is 1.34. The van der Waals surface area contributed by atoms with E-state index in [9.17, 15) is 4.79 Å². The Kier molecular flexibility index (Phi) is 6.95. The summed E-state index contributed by atoms with van der Waals surface area (Å²) in [6, 6.07) is 24.1. The number of fused-ring (bicyclic) bond motifs is 1. The maximum atomic E-state index is 13.0. The normalized spacial score (nSPS) is 15.7. The van der Waals surface area contributed by atoms with Crippen molar-refractivity contribution in [2.24, 2.45) is 0 Å². The van der Waals surface area contributed by atoms with E-state index in [0.717, 1.165) is 51.9 Å². The van der Waals surface area contributed by atoms with Crippen LogP contribution in [0.1, 0.15) is 24.6 Å². The van der Waals surface area contributed by atoms with Crippen LogP contribution in [0.4, 0.5) is 5.69 Å². The number of aromatic nitrogens is 2. The molecule has 0 N–H and O–H groups in total. The van der Waals surface area contributed by atoms with Crippen LogP contribution in [0.3, 0.4) is 0 Å². The van der Waals surface area contributed by atoms with E-state index in [1.807, 2.05) is 65.8 Å². The van der Waals surface area contributed by atoms with Crippen LogP contribution in [-0.2, 0) is 11.3 Å². The quantitative estimate of drug-likeness (QED) is 0.222. The number of hydrogen-bond donors (Lipinski definition) is 0. The first-order valence-corrected chi connectivity index (χ1v) is 13.1. The van der Waals surface area contributed by atoms with Crippen molar-refractivity contribution in [3.05, 3.63) is 78.6 Å². The summed E-state index contributed by atoms with van der Waals surface area (Å²) in [5.74, 6) is 2.64. The van der Waals surface area contributed by atoms with Crippen molar-refractivity contribution in [2.45, 2.75) is 30.2 Å². The Morgan fingerprint density at radius 1 is 1.03 bits per heavy atom. The number of methoxy groups -OCH3 is 1. The number of anilines is 1. The summed E-state index contributed by atoms with van der Waals surface area (Å²) in [6.07, 6.45) is 3.32. The van der Waals surface area contributed by atoms with Gasteiger partial charge in [0, 0.05) is 36.0 Å². The molecular formula is C28H29N3O3S. The van der Waals surface area contributed by atoms with Crippen LogP contribution >= 0.6 is 11.8 Å². The molecule has 0 saturated carbocycles. The number of nitrogens with zero attached hydrogens (tertiary/aromatic N) is 3. The molecule has 1 atom stereocenters. The van der Waals surface area contributed by atoms with Crippen molar-refractivity contribution < 1.29 is 14.3 Å². The summed E-state index contributed by atoms with van der Waals surface area (Å²) in [5, 5.41) is 0. The van der Waals surface area contributed by atoms with Crippen LogP contribution in [0, 0.1) is 0 Å². The molecule has 0 bridgehead atoms. The van der Waals surface area contributed by atoms with Gasteiger partial charge in [-0.05, 0) is 55.1 Å². The number of carbonyl (C=O) groups excluding carboxylic acids is 1. The first kappa shape index (κ1) is 23.3. The third-order valence-electron chi connectivity index (χ3n) is 6.39. The minimum Gasteiger partial charge on any atom is -0.493 e. The first-order valence-electron chi connectivity index (χ1n) is 11.8. The van der Waals surface area contributed by atoms with Crippen molar-refractivity contribution in [3.8, 4) is 11.5 Å². The minimum atomic E-state index is 0.0444. The highest BCUT2D eigenvalue weighted by Gasteiger charge is 2.34. The van der Waals surface area contributed by atoms with Gasteiger partial charge in [-0.3, -0.25) is 4.79 Å². The number of ether oxygens (including phenoxy) is 2. The minimum absolute atomic E-state index is 0.0444. The Bertz CT molecular complexity index is 1340. The lowest BCUT2D eigenvalue weighted by Gasteiger charge is -2.18. The number of amides is 1. The van der Waals surface area contributed by atoms with E-state index < -0.39 is 0 Å². The third-order valence-corrected chi connectivity index (χ3v) is 7.12. The standard InChI is InChI=1S/C28H29N3O3S/c1-33-25-13-5-6-14-26(25)34-16-8-15-30-24-12-4-3-11-23(24)29-28(30)20-17-27(32)31(19-20)21-9-7-10-22(18-21)35-2/h3-7,9-14,18,20H,8,15-17,19H2,1-2H3/t20-/m0/s1. The molecule has 1 aromatic heterocycles. The van der Waals surface area contributed by atoms with Crippen LogP contribution in [0.15, 0.2) is 77.7 Å². The molecule has 35 heavy (non-hydrogen) atoms. The Morgan fingerprint density at radius 2 is 1.83 bits per heavy atom. The lowest BCUT2D eigenvalue weighted by Crippen LogP contribution is -2.24. The third kappa shape index (κ3) is 4.86. The molecular weight excluding hydrogens is 458 g/mol. The molecule has 0 aliphatic carbocycles. The average molecular weight is 488 g/mol. The van der Waals surface area contributed by atoms with Gasteiger partial charge in [0.1, 0.15) is 5.82 Å². The zero-order valence-electron chi connectivity index (χ0n) is 20.0. The van der Waals surface area contributed by atoms with Crippen molar-refractivity contribution >= 4 is 34.4 Å². The maximum absolute atomic E-state index is 13.0. The zero-order valence-corrected chi connectivity index (χ0v) is 20.8. The van der Waals surface area contributed by atoms with Crippen LogP contribution < -0.4 is 14.4 Å². The molecule has 3 aromatic carbocycles. The molecule has 5 rings (SSSR count). The summed E-state index contributed by atoms with van der Waals surface area (Å²) in [4.78, 5) is 21.0. The van der Waals surface area contributed by atoms with Crippen molar-refractivity contribution in [2.75, 3.05) is 31.4 Å². The van der Waals surface area contributed by atoms with Crippen LogP contribution in [0.2, 0.25) is 0 Å². The molecule has 7 heteroatoms. The molecule has 1 fully saturated rings. The molecule has 0 radical (unpaired) electrons. The summed E-state index contributed by atoms with van der Waals surface area (Å²) >= 11 is 1.68. The number of benzene rings is 3. The number of aryl methyl sites for hydroxylation is 1. The van der Waals surface area contributed by atoms with Gasteiger partial charge in [-0.2, -0.15) is 0 Å². The molecule has 6 nitrogen and oxygen atoms in total. The fourth-order valence-electron chi connectivity index (χ4n) is 4.69. The van der Waals surface area contributed by atoms with Gasteiger partial charge >= 0.3 is 0 Å². The second-order valence-electron chi connectivity index (χ2n) is 8.57. The molecule has 0 spiro atoms.